The molecule has 2 heteroatoms. The summed E-state index contributed by atoms with van der Waals surface area (Å²) in [4.78, 5) is 3.21. The average Bonchev–Trinajstić information content (AvgIpc) is 2.34. The summed E-state index contributed by atoms with van der Waals surface area (Å²) in [7, 11) is 0. The largest absolute Gasteiger partial charge is 0.439 e. The number of aromatic nitrogens is 1. The number of aryl methyl sites for hydroxylation is 1. The first-order valence-corrected chi connectivity index (χ1v) is 3.61. The Balaban J connectivity index is 0.000000605. The van der Waals surface area contributed by atoms with Crippen molar-refractivity contribution in [2.75, 3.05) is 0 Å². The summed E-state index contributed by atoms with van der Waals surface area (Å²) in [5.41, 5.74) is 4.11. The average molecular weight is 221 g/mol. The van der Waals surface area contributed by atoms with Crippen molar-refractivity contribution < 1.29 is 32.7 Å². The van der Waals surface area contributed by atoms with Crippen molar-refractivity contribution in [3.05, 3.63) is 29.1 Å². The Hall–Kier alpha value is 0.124. The minimum absolute atomic E-state index is 0. The molecule has 1 nitrogen and oxygen atoms in total. The van der Waals surface area contributed by atoms with Gasteiger partial charge in [0.05, 0.1) is 0 Å². The molecule has 0 unspecified atom stereocenters. The molecule has 1 aliphatic carbocycles. The van der Waals surface area contributed by atoms with Crippen LogP contribution in [0.2, 0.25) is 0 Å². The Morgan fingerprint density at radius 1 is 1.55 bits per heavy atom. The Bertz CT molecular complexity index is 273. The molecule has 1 N–H and O–H groups in total. The van der Waals surface area contributed by atoms with Crippen molar-refractivity contribution in [3.63, 3.8) is 0 Å². The van der Waals surface area contributed by atoms with Crippen LogP contribution in [0.3, 0.4) is 0 Å². The summed E-state index contributed by atoms with van der Waals surface area (Å²) in [6, 6.07) is 0. The first kappa shape index (κ1) is 9.21. The first-order chi connectivity index (χ1) is 4.88. The van der Waals surface area contributed by atoms with Crippen molar-refractivity contribution in [1.29, 1.82) is 0 Å². The quantitative estimate of drug-likeness (QED) is 0.645. The molecule has 0 fully saturated rings. The molecule has 0 saturated heterocycles. The fourth-order valence-electron chi connectivity index (χ4n) is 1.40. The van der Waals surface area contributed by atoms with Gasteiger partial charge in [-0.3, -0.25) is 6.08 Å². The van der Waals surface area contributed by atoms with Gasteiger partial charge >= 0.3 is 0 Å². The number of hydrogen-bond acceptors (Lipinski definition) is 0. The Morgan fingerprint density at radius 2 is 2.36 bits per heavy atom. The number of fused-ring (bicyclic) bond motifs is 1. The van der Waals surface area contributed by atoms with Crippen LogP contribution in [0.4, 0.5) is 0 Å². The van der Waals surface area contributed by atoms with E-state index in [9.17, 15) is 0 Å². The number of aromatic amines is 1. The monoisotopic (exact) mass is 221 g/mol. The van der Waals surface area contributed by atoms with Crippen LogP contribution in [0.25, 0.3) is 6.08 Å². The van der Waals surface area contributed by atoms with Crippen LogP contribution in [0.5, 0.6) is 0 Å². The van der Waals surface area contributed by atoms with Crippen molar-refractivity contribution >= 4 is 6.08 Å². The number of nitrogens with one attached hydrogen (secondary N) is 1. The molecule has 0 bridgehead atoms. The van der Waals surface area contributed by atoms with Gasteiger partial charge in [0.15, 0.2) is 0 Å². The number of rotatable bonds is 0. The van der Waals surface area contributed by atoms with Crippen LogP contribution < -0.4 is 0 Å². The number of hydrogen-bond donors (Lipinski definition) is 1. The topological polar surface area (TPSA) is 15.8 Å². The van der Waals surface area contributed by atoms with E-state index in [1.165, 1.54) is 16.8 Å². The summed E-state index contributed by atoms with van der Waals surface area (Å²) < 4.78 is 0. The standard InChI is InChI=1S/C9H10N.Y/c1-7-6-10-9-5-3-2-4-8(7)9;/h5-6,10H,2,4H2,1H3;/q-1;. The molecule has 0 amide bonds. The zero-order valence-corrected chi connectivity index (χ0v) is 9.48. The number of allylic oxidation sites excluding steroid dienone is 1. The smallest absolute Gasteiger partial charge is 0 e. The second-order valence-electron chi connectivity index (χ2n) is 2.71. The van der Waals surface area contributed by atoms with E-state index in [0.29, 0.717) is 0 Å². The molecule has 1 aromatic heterocycles. The molecule has 0 saturated carbocycles. The van der Waals surface area contributed by atoms with Crippen molar-refractivity contribution in [1.82, 2.24) is 4.98 Å². The van der Waals surface area contributed by atoms with Gasteiger partial charge in [-0.05, 0) is 18.7 Å². The fourth-order valence-corrected chi connectivity index (χ4v) is 1.40. The molecule has 0 spiro atoms. The van der Waals surface area contributed by atoms with E-state index in [4.69, 9.17) is 0 Å². The minimum Gasteiger partial charge on any atom is -0.439 e. The van der Waals surface area contributed by atoms with Crippen LogP contribution in [-0.4, -0.2) is 4.98 Å². The van der Waals surface area contributed by atoms with Gasteiger partial charge in [-0.15, -0.1) is 17.7 Å². The summed E-state index contributed by atoms with van der Waals surface area (Å²) in [6.45, 7) is 2.15. The summed E-state index contributed by atoms with van der Waals surface area (Å²) in [5, 5.41) is 0. The maximum Gasteiger partial charge on any atom is 0 e. The Labute approximate surface area is 92.2 Å². The second-order valence-corrected chi connectivity index (χ2v) is 2.71. The Morgan fingerprint density at radius 3 is 3.09 bits per heavy atom. The molecule has 1 radical (unpaired) electrons. The third-order valence-corrected chi connectivity index (χ3v) is 2.01. The Kier molecular flexibility index (Phi) is 3.09. The number of H-pyrrole nitrogens is 1. The van der Waals surface area contributed by atoms with E-state index in [0.717, 1.165) is 12.8 Å². The van der Waals surface area contributed by atoms with Crippen molar-refractivity contribution in [2.24, 2.45) is 0 Å². The van der Waals surface area contributed by atoms with Gasteiger partial charge in [-0.2, -0.15) is 0 Å². The van der Waals surface area contributed by atoms with Crippen LogP contribution in [0, 0.1) is 13.0 Å². The van der Waals surface area contributed by atoms with Gasteiger partial charge in [0, 0.05) is 32.7 Å². The van der Waals surface area contributed by atoms with Crippen molar-refractivity contribution in [2.45, 2.75) is 19.8 Å². The van der Waals surface area contributed by atoms with Crippen molar-refractivity contribution in [3.8, 4) is 0 Å². The molecular formula is C9H10NY-. The zero-order valence-electron chi connectivity index (χ0n) is 6.65. The molecule has 1 heterocycles. The second kappa shape index (κ2) is 3.68. The van der Waals surface area contributed by atoms with E-state index in [1.807, 2.05) is 6.08 Å². The van der Waals surface area contributed by atoms with E-state index < -0.39 is 0 Å². The van der Waals surface area contributed by atoms with Gasteiger partial charge in [0.25, 0.3) is 0 Å². The molecular weight excluding hydrogens is 211 g/mol. The first-order valence-electron chi connectivity index (χ1n) is 3.61. The minimum atomic E-state index is 0. The predicted octanol–water partition coefficient (Wildman–Crippen LogP) is 2.08. The molecule has 55 valence electrons. The van der Waals surface area contributed by atoms with Crippen LogP contribution in [0.15, 0.2) is 6.20 Å². The normalized spacial score (nSPS) is 13.9. The SMILES string of the molecule is Cc1c[nH]c2c1CC[C-]=C2.[Y]. The van der Waals surface area contributed by atoms with Gasteiger partial charge in [0.2, 0.25) is 0 Å². The van der Waals surface area contributed by atoms with Gasteiger partial charge < -0.3 is 4.98 Å². The molecule has 0 atom stereocenters. The van der Waals surface area contributed by atoms with Crippen LogP contribution in [-0.2, 0) is 39.1 Å². The maximum absolute atomic E-state index is 3.21. The predicted molar refractivity (Wildman–Crippen MR) is 41.6 cm³/mol. The van der Waals surface area contributed by atoms with E-state index in [-0.39, 0.29) is 32.7 Å². The molecule has 0 aromatic carbocycles. The van der Waals surface area contributed by atoms with Crippen LogP contribution >= 0.6 is 0 Å². The summed E-state index contributed by atoms with van der Waals surface area (Å²) >= 11 is 0. The maximum atomic E-state index is 3.21. The molecule has 1 aromatic rings. The molecule has 1 aliphatic rings. The van der Waals surface area contributed by atoms with Gasteiger partial charge in [-0.1, -0.05) is 6.42 Å². The van der Waals surface area contributed by atoms with Gasteiger partial charge in [-0.25, -0.2) is 6.08 Å². The summed E-state index contributed by atoms with van der Waals surface area (Å²) in [5.74, 6) is 0. The third-order valence-electron chi connectivity index (χ3n) is 2.01. The molecule has 0 aliphatic heterocycles. The van der Waals surface area contributed by atoms with E-state index in [2.05, 4.69) is 24.2 Å². The van der Waals surface area contributed by atoms with Crippen LogP contribution in [0.1, 0.15) is 23.2 Å². The summed E-state index contributed by atoms with van der Waals surface area (Å²) in [6.07, 6.45) is 9.54. The van der Waals surface area contributed by atoms with Gasteiger partial charge in [0.1, 0.15) is 0 Å². The molecule has 2 rings (SSSR count). The molecule has 11 heavy (non-hydrogen) atoms. The van der Waals surface area contributed by atoms with E-state index in [1.54, 1.807) is 0 Å². The third kappa shape index (κ3) is 1.65. The zero-order chi connectivity index (χ0) is 6.97. The fraction of sp³-hybridized carbons (Fsp3) is 0.333. The van der Waals surface area contributed by atoms with E-state index >= 15 is 0 Å².